The highest BCUT2D eigenvalue weighted by atomic mass is 16.5. The van der Waals surface area contributed by atoms with E-state index in [9.17, 15) is 9.59 Å². The summed E-state index contributed by atoms with van der Waals surface area (Å²) in [5.41, 5.74) is 1.16. The van der Waals surface area contributed by atoms with Crippen LogP contribution in [0.5, 0.6) is 5.75 Å². The maximum absolute atomic E-state index is 12.5. The van der Waals surface area contributed by atoms with E-state index in [1.807, 2.05) is 17.0 Å². The van der Waals surface area contributed by atoms with Gasteiger partial charge in [0, 0.05) is 71.0 Å². The number of anilines is 1. The molecular formula is C19H28N4O3. The van der Waals surface area contributed by atoms with Gasteiger partial charge in [0.25, 0.3) is 0 Å². The van der Waals surface area contributed by atoms with E-state index in [4.69, 9.17) is 4.74 Å². The standard InChI is InChI=1S/C19H28N4O3/c1-16(24)21-10-12-23(13-11-21)19(25)15-20-6-8-22(9-7-20)17-4-3-5-18(14-17)26-2/h3-5,14H,6-13,15H2,1-2H3. The predicted octanol–water partition coefficient (Wildman–Crippen LogP) is 0.508. The van der Waals surface area contributed by atoms with Crippen LogP contribution in [0.25, 0.3) is 0 Å². The van der Waals surface area contributed by atoms with Crippen LogP contribution in [0.3, 0.4) is 0 Å². The average molecular weight is 360 g/mol. The summed E-state index contributed by atoms with van der Waals surface area (Å²) in [5.74, 6) is 1.12. The van der Waals surface area contributed by atoms with Gasteiger partial charge < -0.3 is 19.4 Å². The molecule has 0 spiro atoms. The highest BCUT2D eigenvalue weighted by Gasteiger charge is 2.25. The van der Waals surface area contributed by atoms with E-state index < -0.39 is 0 Å². The number of carbonyl (C=O) groups is 2. The topological polar surface area (TPSA) is 56.3 Å². The van der Waals surface area contributed by atoms with E-state index in [1.165, 1.54) is 0 Å². The molecule has 2 saturated heterocycles. The summed E-state index contributed by atoms with van der Waals surface area (Å²) < 4.78 is 5.30. The third-order valence-corrected chi connectivity index (χ3v) is 5.23. The van der Waals surface area contributed by atoms with Crippen molar-refractivity contribution in [1.82, 2.24) is 14.7 Å². The Hall–Kier alpha value is -2.28. The zero-order valence-corrected chi connectivity index (χ0v) is 15.7. The zero-order valence-electron chi connectivity index (χ0n) is 15.7. The number of rotatable bonds is 4. The third-order valence-electron chi connectivity index (χ3n) is 5.23. The number of hydrogen-bond donors (Lipinski definition) is 0. The minimum absolute atomic E-state index is 0.0887. The van der Waals surface area contributed by atoms with Gasteiger partial charge in [0.05, 0.1) is 13.7 Å². The molecule has 0 radical (unpaired) electrons. The Morgan fingerprint density at radius 2 is 1.62 bits per heavy atom. The molecule has 0 aliphatic carbocycles. The minimum Gasteiger partial charge on any atom is -0.497 e. The average Bonchev–Trinajstić information content (AvgIpc) is 2.68. The normalized spacial score (nSPS) is 18.8. The first-order valence-electron chi connectivity index (χ1n) is 9.21. The van der Waals surface area contributed by atoms with Crippen molar-refractivity contribution in [3.05, 3.63) is 24.3 Å². The highest BCUT2D eigenvalue weighted by Crippen LogP contribution is 2.22. The summed E-state index contributed by atoms with van der Waals surface area (Å²) in [6.45, 7) is 8.16. The van der Waals surface area contributed by atoms with E-state index in [0.29, 0.717) is 32.7 Å². The quantitative estimate of drug-likeness (QED) is 0.783. The number of benzene rings is 1. The lowest BCUT2D eigenvalue weighted by Gasteiger charge is -2.38. The fourth-order valence-electron chi connectivity index (χ4n) is 3.53. The minimum atomic E-state index is 0.0887. The van der Waals surface area contributed by atoms with E-state index in [0.717, 1.165) is 37.6 Å². The monoisotopic (exact) mass is 360 g/mol. The molecule has 2 amide bonds. The van der Waals surface area contributed by atoms with Crippen molar-refractivity contribution < 1.29 is 14.3 Å². The second-order valence-electron chi connectivity index (χ2n) is 6.85. The molecule has 3 rings (SSSR count). The lowest BCUT2D eigenvalue weighted by Crippen LogP contribution is -2.54. The van der Waals surface area contributed by atoms with Gasteiger partial charge in [0.15, 0.2) is 0 Å². The molecule has 7 nitrogen and oxygen atoms in total. The number of piperazine rings is 2. The van der Waals surface area contributed by atoms with Crippen LogP contribution in [-0.2, 0) is 9.59 Å². The van der Waals surface area contributed by atoms with E-state index in [2.05, 4.69) is 21.9 Å². The van der Waals surface area contributed by atoms with E-state index >= 15 is 0 Å². The largest absolute Gasteiger partial charge is 0.497 e. The van der Waals surface area contributed by atoms with Gasteiger partial charge in [-0.1, -0.05) is 6.07 Å². The Kier molecular flexibility index (Phi) is 5.98. The molecule has 0 bridgehead atoms. The molecule has 142 valence electrons. The van der Waals surface area contributed by atoms with Crippen LogP contribution >= 0.6 is 0 Å². The van der Waals surface area contributed by atoms with Crippen LogP contribution in [0.1, 0.15) is 6.92 Å². The molecule has 2 heterocycles. The molecule has 2 aliphatic heterocycles. The number of carbonyl (C=O) groups excluding carboxylic acids is 2. The Morgan fingerprint density at radius 1 is 0.962 bits per heavy atom. The van der Waals surface area contributed by atoms with Gasteiger partial charge in [-0.15, -0.1) is 0 Å². The number of nitrogens with zero attached hydrogens (tertiary/aromatic N) is 4. The van der Waals surface area contributed by atoms with Crippen LogP contribution in [0.2, 0.25) is 0 Å². The molecule has 2 aliphatic rings. The van der Waals surface area contributed by atoms with Crippen molar-refractivity contribution in [2.45, 2.75) is 6.92 Å². The number of methoxy groups -OCH3 is 1. The lowest BCUT2D eigenvalue weighted by atomic mass is 10.2. The first-order valence-corrected chi connectivity index (χ1v) is 9.21. The third kappa shape index (κ3) is 4.46. The van der Waals surface area contributed by atoms with Crippen molar-refractivity contribution in [2.75, 3.05) is 70.9 Å². The van der Waals surface area contributed by atoms with Crippen molar-refractivity contribution in [3.63, 3.8) is 0 Å². The van der Waals surface area contributed by atoms with Crippen molar-refractivity contribution in [1.29, 1.82) is 0 Å². The van der Waals surface area contributed by atoms with Crippen LogP contribution in [0.15, 0.2) is 24.3 Å². The summed E-state index contributed by atoms with van der Waals surface area (Å²) in [5, 5.41) is 0. The van der Waals surface area contributed by atoms with Gasteiger partial charge in [-0.25, -0.2) is 0 Å². The summed E-state index contributed by atoms with van der Waals surface area (Å²) in [4.78, 5) is 32.1. The van der Waals surface area contributed by atoms with Gasteiger partial charge in [0.2, 0.25) is 11.8 Å². The Balaban J connectivity index is 1.45. The Morgan fingerprint density at radius 3 is 2.23 bits per heavy atom. The Labute approximate surface area is 155 Å². The molecule has 0 atom stereocenters. The van der Waals surface area contributed by atoms with Crippen molar-refractivity contribution in [3.8, 4) is 5.75 Å². The summed E-state index contributed by atoms with van der Waals surface area (Å²) in [7, 11) is 1.68. The number of ether oxygens (including phenoxy) is 1. The second kappa shape index (κ2) is 8.40. The Bertz CT molecular complexity index is 635. The first kappa shape index (κ1) is 18.5. The SMILES string of the molecule is COc1cccc(N2CCN(CC(=O)N3CCN(C(C)=O)CC3)CC2)c1. The van der Waals surface area contributed by atoms with Crippen LogP contribution < -0.4 is 9.64 Å². The molecule has 0 unspecified atom stereocenters. The molecule has 1 aromatic carbocycles. The lowest BCUT2D eigenvalue weighted by molar-refractivity contribution is -0.139. The van der Waals surface area contributed by atoms with Gasteiger partial charge >= 0.3 is 0 Å². The predicted molar refractivity (Wildman–Crippen MR) is 100 cm³/mol. The number of hydrogen-bond acceptors (Lipinski definition) is 5. The van der Waals surface area contributed by atoms with Gasteiger partial charge in [-0.2, -0.15) is 0 Å². The van der Waals surface area contributed by atoms with Crippen LogP contribution in [0.4, 0.5) is 5.69 Å². The maximum Gasteiger partial charge on any atom is 0.236 e. The summed E-state index contributed by atoms with van der Waals surface area (Å²) in [6.07, 6.45) is 0. The van der Waals surface area contributed by atoms with E-state index in [-0.39, 0.29) is 11.8 Å². The molecule has 0 aromatic heterocycles. The fourth-order valence-corrected chi connectivity index (χ4v) is 3.53. The smallest absolute Gasteiger partial charge is 0.236 e. The fraction of sp³-hybridized carbons (Fsp3) is 0.579. The highest BCUT2D eigenvalue weighted by molar-refractivity contribution is 5.79. The molecule has 7 heteroatoms. The first-order chi connectivity index (χ1) is 12.6. The van der Waals surface area contributed by atoms with Crippen LogP contribution in [-0.4, -0.2) is 92.5 Å². The molecule has 2 fully saturated rings. The van der Waals surface area contributed by atoms with E-state index in [1.54, 1.807) is 18.9 Å². The zero-order chi connectivity index (χ0) is 18.5. The van der Waals surface area contributed by atoms with Gasteiger partial charge in [0.1, 0.15) is 5.75 Å². The maximum atomic E-state index is 12.5. The molecule has 1 aromatic rings. The molecule has 26 heavy (non-hydrogen) atoms. The van der Waals surface area contributed by atoms with Gasteiger partial charge in [-0.3, -0.25) is 14.5 Å². The number of amides is 2. The summed E-state index contributed by atoms with van der Waals surface area (Å²) in [6, 6.07) is 8.10. The summed E-state index contributed by atoms with van der Waals surface area (Å²) >= 11 is 0. The van der Waals surface area contributed by atoms with Crippen LogP contribution in [0, 0.1) is 0 Å². The van der Waals surface area contributed by atoms with Gasteiger partial charge in [-0.05, 0) is 12.1 Å². The molecular weight excluding hydrogens is 332 g/mol. The second-order valence-corrected chi connectivity index (χ2v) is 6.85. The molecule has 0 saturated carbocycles. The van der Waals surface area contributed by atoms with Crippen molar-refractivity contribution >= 4 is 17.5 Å². The van der Waals surface area contributed by atoms with Crippen molar-refractivity contribution in [2.24, 2.45) is 0 Å². The molecule has 0 N–H and O–H groups in total.